The maximum absolute atomic E-state index is 13.5. The monoisotopic (exact) mass is 291 g/mol. The van der Waals surface area contributed by atoms with E-state index in [2.05, 4.69) is 5.32 Å². The Morgan fingerprint density at radius 1 is 1.20 bits per heavy atom. The molecule has 1 heterocycles. The number of carbonyl (C=O) groups is 1. The van der Waals surface area contributed by atoms with Gasteiger partial charge in [-0.05, 0) is 17.7 Å². The van der Waals surface area contributed by atoms with Gasteiger partial charge in [0, 0.05) is 17.7 Å². The zero-order valence-electron chi connectivity index (χ0n) is 10.4. The van der Waals surface area contributed by atoms with Gasteiger partial charge in [0.1, 0.15) is 5.82 Å². The first kappa shape index (κ1) is 13.1. The highest BCUT2D eigenvalue weighted by atomic mass is 35.5. The van der Waals surface area contributed by atoms with Crippen molar-refractivity contribution in [1.82, 2.24) is 0 Å². The van der Waals surface area contributed by atoms with E-state index in [1.807, 2.05) is 0 Å². The van der Waals surface area contributed by atoms with Gasteiger partial charge in [0.05, 0.1) is 5.02 Å². The van der Waals surface area contributed by atoms with Crippen LogP contribution < -0.4 is 5.32 Å². The van der Waals surface area contributed by atoms with Crippen LogP contribution in [0.5, 0.6) is 0 Å². The molecule has 0 saturated carbocycles. The molecule has 0 bridgehead atoms. The van der Waals surface area contributed by atoms with Crippen LogP contribution in [-0.2, 0) is 16.8 Å². The van der Waals surface area contributed by atoms with Gasteiger partial charge in [0.15, 0.2) is 5.60 Å². The highest BCUT2D eigenvalue weighted by molar-refractivity contribution is 6.31. The zero-order valence-corrected chi connectivity index (χ0v) is 11.1. The van der Waals surface area contributed by atoms with Crippen molar-refractivity contribution in [2.24, 2.45) is 0 Å². The number of fused-ring (bicyclic) bond motifs is 1. The summed E-state index contributed by atoms with van der Waals surface area (Å²) >= 11 is 5.89. The van der Waals surface area contributed by atoms with E-state index in [4.69, 9.17) is 11.6 Å². The fourth-order valence-electron chi connectivity index (χ4n) is 2.44. The number of anilines is 1. The van der Waals surface area contributed by atoms with Gasteiger partial charge in [0.2, 0.25) is 0 Å². The number of para-hydroxylation sites is 1. The van der Waals surface area contributed by atoms with Crippen molar-refractivity contribution < 1.29 is 14.3 Å². The molecule has 102 valence electrons. The van der Waals surface area contributed by atoms with E-state index in [9.17, 15) is 14.3 Å². The number of hydrogen-bond donors (Lipinski definition) is 2. The van der Waals surface area contributed by atoms with Crippen molar-refractivity contribution in [3.63, 3.8) is 0 Å². The Labute approximate surface area is 120 Å². The van der Waals surface area contributed by atoms with Crippen LogP contribution in [0.15, 0.2) is 42.5 Å². The minimum atomic E-state index is -1.73. The predicted molar refractivity (Wildman–Crippen MR) is 74.1 cm³/mol. The van der Waals surface area contributed by atoms with Gasteiger partial charge in [-0.1, -0.05) is 41.9 Å². The first-order valence-electron chi connectivity index (χ1n) is 6.08. The fourth-order valence-corrected chi connectivity index (χ4v) is 2.63. The summed E-state index contributed by atoms with van der Waals surface area (Å²) in [6.45, 7) is 0. The quantitative estimate of drug-likeness (QED) is 0.894. The molecule has 2 N–H and O–H groups in total. The Bertz CT molecular complexity index is 704. The molecule has 1 aliphatic rings. The van der Waals surface area contributed by atoms with Crippen molar-refractivity contribution in [3.8, 4) is 0 Å². The normalized spacial score (nSPS) is 20.6. The molecule has 1 amide bonds. The summed E-state index contributed by atoms with van der Waals surface area (Å²) in [5.74, 6) is -1.10. The molecule has 0 aromatic heterocycles. The third-order valence-corrected chi connectivity index (χ3v) is 3.90. The van der Waals surface area contributed by atoms with Crippen molar-refractivity contribution in [3.05, 3.63) is 64.4 Å². The minimum Gasteiger partial charge on any atom is -0.375 e. The predicted octanol–water partition coefficient (Wildman–Crippen LogP) is 2.86. The smallest absolute Gasteiger partial charge is 0.261 e. The van der Waals surface area contributed by atoms with Crippen molar-refractivity contribution in [1.29, 1.82) is 0 Å². The molecular weight excluding hydrogens is 281 g/mol. The van der Waals surface area contributed by atoms with Gasteiger partial charge in [-0.2, -0.15) is 0 Å². The maximum atomic E-state index is 13.5. The molecule has 1 unspecified atom stereocenters. The Morgan fingerprint density at radius 3 is 2.75 bits per heavy atom. The lowest BCUT2D eigenvalue weighted by Crippen LogP contribution is -2.36. The third kappa shape index (κ3) is 1.88. The average molecular weight is 292 g/mol. The van der Waals surface area contributed by atoms with Crippen LogP contribution in [0.1, 0.15) is 11.1 Å². The maximum Gasteiger partial charge on any atom is 0.261 e. The lowest BCUT2D eigenvalue weighted by molar-refractivity contribution is -0.133. The second-order valence-electron chi connectivity index (χ2n) is 4.75. The Kier molecular flexibility index (Phi) is 3.00. The van der Waals surface area contributed by atoms with Gasteiger partial charge in [-0.25, -0.2) is 4.39 Å². The van der Waals surface area contributed by atoms with Crippen molar-refractivity contribution >= 4 is 23.2 Å². The van der Waals surface area contributed by atoms with Crippen molar-refractivity contribution in [2.75, 3.05) is 5.32 Å². The number of halogens is 2. The summed E-state index contributed by atoms with van der Waals surface area (Å²) in [6, 6.07) is 11.2. The highest BCUT2D eigenvalue weighted by Gasteiger charge is 2.45. The molecule has 5 heteroatoms. The number of amides is 1. The van der Waals surface area contributed by atoms with E-state index in [1.54, 1.807) is 30.3 Å². The van der Waals surface area contributed by atoms with E-state index in [0.29, 0.717) is 16.8 Å². The number of aliphatic hydroxyl groups is 1. The minimum absolute atomic E-state index is 0.0712. The van der Waals surface area contributed by atoms with Crippen LogP contribution in [0.3, 0.4) is 0 Å². The van der Waals surface area contributed by atoms with Crippen LogP contribution in [0.25, 0.3) is 0 Å². The number of hydrogen-bond acceptors (Lipinski definition) is 2. The van der Waals surface area contributed by atoms with E-state index in [1.165, 1.54) is 12.1 Å². The first-order chi connectivity index (χ1) is 9.52. The molecule has 3 nitrogen and oxygen atoms in total. The molecule has 2 aromatic carbocycles. The molecule has 3 rings (SSSR count). The Morgan fingerprint density at radius 2 is 1.95 bits per heavy atom. The molecule has 20 heavy (non-hydrogen) atoms. The highest BCUT2D eigenvalue weighted by Crippen LogP contribution is 2.39. The molecule has 0 aliphatic carbocycles. The molecule has 0 spiro atoms. The van der Waals surface area contributed by atoms with E-state index in [-0.39, 0.29) is 11.4 Å². The molecule has 1 aliphatic heterocycles. The molecule has 0 saturated heterocycles. The standard InChI is InChI=1S/C15H11ClFNO2/c16-13-9(4-3-6-11(13)17)8-15(20)10-5-1-2-7-12(10)18-14(15)19/h1-7,20H,8H2,(H,18,19). The van der Waals surface area contributed by atoms with Gasteiger partial charge in [-0.15, -0.1) is 0 Å². The first-order valence-corrected chi connectivity index (χ1v) is 6.46. The summed E-state index contributed by atoms with van der Waals surface area (Å²) in [6.07, 6.45) is -0.0769. The largest absolute Gasteiger partial charge is 0.375 e. The van der Waals surface area contributed by atoms with Gasteiger partial charge < -0.3 is 10.4 Å². The van der Waals surface area contributed by atoms with Crippen LogP contribution in [-0.4, -0.2) is 11.0 Å². The van der Waals surface area contributed by atoms with Crippen LogP contribution in [0, 0.1) is 5.82 Å². The number of rotatable bonds is 2. The van der Waals surface area contributed by atoms with Gasteiger partial charge >= 0.3 is 0 Å². The Balaban J connectivity index is 2.05. The molecular formula is C15H11ClFNO2. The molecule has 0 fully saturated rings. The number of carbonyl (C=O) groups excluding carboxylic acids is 1. The van der Waals surface area contributed by atoms with Crippen LogP contribution in [0.4, 0.5) is 10.1 Å². The zero-order chi connectivity index (χ0) is 14.3. The second-order valence-corrected chi connectivity index (χ2v) is 5.13. The van der Waals surface area contributed by atoms with Crippen molar-refractivity contribution in [2.45, 2.75) is 12.0 Å². The number of nitrogens with one attached hydrogen (secondary N) is 1. The summed E-state index contributed by atoms with van der Waals surface area (Å²) in [7, 11) is 0. The fraction of sp³-hybridized carbons (Fsp3) is 0.133. The molecule has 1 atom stereocenters. The third-order valence-electron chi connectivity index (χ3n) is 3.47. The van der Waals surface area contributed by atoms with E-state index >= 15 is 0 Å². The van der Waals surface area contributed by atoms with Gasteiger partial charge in [0.25, 0.3) is 5.91 Å². The van der Waals surface area contributed by atoms with Gasteiger partial charge in [-0.3, -0.25) is 4.79 Å². The summed E-state index contributed by atoms with van der Waals surface area (Å²) < 4.78 is 13.5. The molecule has 0 radical (unpaired) electrons. The molecule has 2 aromatic rings. The summed E-state index contributed by atoms with van der Waals surface area (Å²) in [4.78, 5) is 12.1. The average Bonchev–Trinajstić information content (AvgIpc) is 2.68. The second kappa shape index (κ2) is 4.58. The number of benzene rings is 2. The Hall–Kier alpha value is -1.91. The summed E-state index contributed by atoms with van der Waals surface area (Å²) in [5, 5.41) is 13.2. The topological polar surface area (TPSA) is 49.3 Å². The van der Waals surface area contributed by atoms with Crippen LogP contribution in [0.2, 0.25) is 5.02 Å². The summed E-state index contributed by atoms with van der Waals surface area (Å²) in [5.41, 5.74) is -0.299. The van der Waals surface area contributed by atoms with E-state index in [0.717, 1.165) is 0 Å². The van der Waals surface area contributed by atoms with Crippen LogP contribution >= 0.6 is 11.6 Å². The lowest BCUT2D eigenvalue weighted by atomic mass is 9.88. The lowest BCUT2D eigenvalue weighted by Gasteiger charge is -2.21. The van der Waals surface area contributed by atoms with E-state index < -0.39 is 17.3 Å². The SMILES string of the molecule is O=C1Nc2ccccc2C1(O)Cc1cccc(F)c1Cl.